The third kappa shape index (κ3) is 2.25. The molecule has 0 fully saturated rings. The lowest BCUT2D eigenvalue weighted by Crippen LogP contribution is -2.33. The van der Waals surface area contributed by atoms with Gasteiger partial charge in [-0.15, -0.1) is 0 Å². The van der Waals surface area contributed by atoms with E-state index in [9.17, 15) is 10.0 Å². The quantitative estimate of drug-likeness (QED) is 0.758. The van der Waals surface area contributed by atoms with Gasteiger partial charge in [0.05, 0.1) is 18.5 Å². The predicted octanol–water partition coefficient (Wildman–Crippen LogP) is 0.178. The molecule has 0 aliphatic heterocycles. The van der Waals surface area contributed by atoms with Crippen LogP contribution < -0.4 is 10.2 Å². The molecule has 0 spiro atoms. The number of nitrogens with zero attached hydrogens (tertiary/aromatic N) is 2. The van der Waals surface area contributed by atoms with E-state index >= 15 is 0 Å². The maximum absolute atomic E-state index is 9.40. The van der Waals surface area contributed by atoms with E-state index in [1.54, 1.807) is 30.0 Å². The Balaban J connectivity index is 2.63. The maximum Gasteiger partial charge on any atom is 0.490 e. The Kier molecular flexibility index (Phi) is 3.40. The summed E-state index contributed by atoms with van der Waals surface area (Å²) in [5.74, 6) is 0.641. The number of benzene rings is 1. The summed E-state index contributed by atoms with van der Waals surface area (Å²) in [7, 11) is 0.0184. The monoisotopic (exact) mass is 246 g/mol. The maximum atomic E-state index is 9.40. The fraction of sp³-hybridized carbons (Fsp3) is 0.250. The molecule has 1 aromatic heterocycles. The van der Waals surface area contributed by atoms with Crippen molar-refractivity contribution in [3.05, 3.63) is 35.7 Å². The molecule has 2 aromatic rings. The van der Waals surface area contributed by atoms with Crippen LogP contribution in [0.3, 0.4) is 0 Å². The first kappa shape index (κ1) is 12.7. The summed E-state index contributed by atoms with van der Waals surface area (Å²) in [6.07, 6.45) is 0. The normalized spacial score (nSPS) is 10.5. The van der Waals surface area contributed by atoms with Gasteiger partial charge in [0.1, 0.15) is 5.75 Å². The standard InChI is InChI=1S/C12H15BN2O3/c1-8-6-9(2)15(14-8)12-7-10(18-3)4-5-11(12)13(16)17/h4-7,16-17H,1-3H3. The lowest BCUT2D eigenvalue weighted by Gasteiger charge is -2.12. The van der Waals surface area contributed by atoms with Gasteiger partial charge in [0.2, 0.25) is 0 Å². The molecular weight excluding hydrogens is 231 g/mol. The van der Waals surface area contributed by atoms with E-state index in [0.29, 0.717) is 16.9 Å². The first-order chi connectivity index (χ1) is 8.52. The van der Waals surface area contributed by atoms with Gasteiger partial charge in [0.15, 0.2) is 0 Å². The van der Waals surface area contributed by atoms with Crippen LogP contribution in [0.4, 0.5) is 0 Å². The highest BCUT2D eigenvalue weighted by Crippen LogP contribution is 2.17. The number of ether oxygens (including phenoxy) is 1. The second-order valence-electron chi connectivity index (χ2n) is 4.14. The Morgan fingerprint density at radius 3 is 2.44 bits per heavy atom. The van der Waals surface area contributed by atoms with E-state index in [-0.39, 0.29) is 0 Å². The number of aryl methyl sites for hydroxylation is 2. The Hall–Kier alpha value is -1.79. The van der Waals surface area contributed by atoms with Crippen LogP contribution >= 0.6 is 0 Å². The van der Waals surface area contributed by atoms with Crippen LogP contribution in [0.5, 0.6) is 5.75 Å². The molecule has 6 heteroatoms. The molecule has 2 rings (SSSR count). The highest BCUT2D eigenvalue weighted by molar-refractivity contribution is 6.60. The van der Waals surface area contributed by atoms with Gasteiger partial charge in [-0.25, -0.2) is 4.68 Å². The Morgan fingerprint density at radius 1 is 1.22 bits per heavy atom. The highest BCUT2D eigenvalue weighted by atomic mass is 16.5. The van der Waals surface area contributed by atoms with E-state index in [1.165, 1.54) is 0 Å². The molecule has 1 heterocycles. The van der Waals surface area contributed by atoms with Crippen LogP contribution in [0.2, 0.25) is 0 Å². The van der Waals surface area contributed by atoms with Crippen molar-refractivity contribution in [3.63, 3.8) is 0 Å². The van der Waals surface area contributed by atoms with Gasteiger partial charge in [-0.2, -0.15) is 5.10 Å². The lowest BCUT2D eigenvalue weighted by molar-refractivity contribution is 0.413. The van der Waals surface area contributed by atoms with E-state index in [1.807, 2.05) is 19.9 Å². The Morgan fingerprint density at radius 2 is 1.94 bits per heavy atom. The van der Waals surface area contributed by atoms with E-state index < -0.39 is 7.12 Å². The molecule has 2 N–H and O–H groups in total. The second-order valence-corrected chi connectivity index (χ2v) is 4.14. The summed E-state index contributed by atoms with van der Waals surface area (Å²) in [5, 5.41) is 23.1. The molecular formula is C12H15BN2O3. The first-order valence-corrected chi connectivity index (χ1v) is 5.60. The molecule has 5 nitrogen and oxygen atoms in total. The highest BCUT2D eigenvalue weighted by Gasteiger charge is 2.19. The van der Waals surface area contributed by atoms with Crippen molar-refractivity contribution < 1.29 is 14.8 Å². The van der Waals surface area contributed by atoms with Crippen molar-refractivity contribution in [2.24, 2.45) is 0 Å². The zero-order valence-electron chi connectivity index (χ0n) is 10.6. The average molecular weight is 246 g/mol. The summed E-state index contributed by atoms with van der Waals surface area (Å²) in [6, 6.07) is 6.96. The average Bonchev–Trinajstić information content (AvgIpc) is 2.67. The van der Waals surface area contributed by atoms with Gasteiger partial charge in [-0.3, -0.25) is 0 Å². The minimum Gasteiger partial charge on any atom is -0.497 e. The Labute approximate surface area is 106 Å². The largest absolute Gasteiger partial charge is 0.497 e. The van der Waals surface area contributed by atoms with Gasteiger partial charge in [0.25, 0.3) is 0 Å². The number of hydrogen-bond donors (Lipinski definition) is 2. The number of rotatable bonds is 3. The van der Waals surface area contributed by atoms with Gasteiger partial charge >= 0.3 is 7.12 Å². The fourth-order valence-electron chi connectivity index (χ4n) is 1.92. The molecule has 0 amide bonds. The van der Waals surface area contributed by atoms with Crippen LogP contribution in [0.1, 0.15) is 11.4 Å². The minimum atomic E-state index is -1.55. The molecule has 18 heavy (non-hydrogen) atoms. The molecule has 0 atom stereocenters. The third-order valence-corrected chi connectivity index (χ3v) is 2.75. The van der Waals surface area contributed by atoms with E-state index in [0.717, 1.165) is 11.4 Å². The summed E-state index contributed by atoms with van der Waals surface area (Å²) in [5.41, 5.74) is 2.79. The molecule has 94 valence electrons. The summed E-state index contributed by atoms with van der Waals surface area (Å²) in [6.45, 7) is 3.80. The fourth-order valence-corrected chi connectivity index (χ4v) is 1.92. The second kappa shape index (κ2) is 4.84. The van der Waals surface area contributed by atoms with Crippen LogP contribution in [-0.2, 0) is 0 Å². The lowest BCUT2D eigenvalue weighted by atomic mass is 9.79. The van der Waals surface area contributed by atoms with Gasteiger partial charge in [0, 0.05) is 17.2 Å². The van der Waals surface area contributed by atoms with E-state index in [2.05, 4.69) is 5.10 Å². The van der Waals surface area contributed by atoms with Crippen molar-refractivity contribution in [2.75, 3.05) is 7.11 Å². The van der Waals surface area contributed by atoms with Crippen molar-refractivity contribution in [1.29, 1.82) is 0 Å². The van der Waals surface area contributed by atoms with Gasteiger partial charge < -0.3 is 14.8 Å². The van der Waals surface area contributed by atoms with E-state index in [4.69, 9.17) is 4.74 Å². The summed E-state index contributed by atoms with van der Waals surface area (Å²) >= 11 is 0. The zero-order valence-corrected chi connectivity index (χ0v) is 10.6. The van der Waals surface area contributed by atoms with Gasteiger partial charge in [-0.05, 0) is 26.0 Å². The van der Waals surface area contributed by atoms with Crippen LogP contribution in [0, 0.1) is 13.8 Å². The van der Waals surface area contributed by atoms with Crippen molar-refractivity contribution in [2.45, 2.75) is 13.8 Å². The number of aromatic nitrogens is 2. The minimum absolute atomic E-state index is 0.391. The summed E-state index contributed by atoms with van der Waals surface area (Å²) in [4.78, 5) is 0. The summed E-state index contributed by atoms with van der Waals surface area (Å²) < 4.78 is 6.83. The number of methoxy groups -OCH3 is 1. The first-order valence-electron chi connectivity index (χ1n) is 5.60. The molecule has 0 unspecified atom stereocenters. The molecule has 0 aliphatic rings. The van der Waals surface area contributed by atoms with Gasteiger partial charge in [-0.1, -0.05) is 6.07 Å². The molecule has 0 bridgehead atoms. The topological polar surface area (TPSA) is 67.5 Å². The molecule has 0 saturated carbocycles. The molecule has 0 aliphatic carbocycles. The smallest absolute Gasteiger partial charge is 0.490 e. The molecule has 0 radical (unpaired) electrons. The zero-order chi connectivity index (χ0) is 13.3. The van der Waals surface area contributed by atoms with Crippen LogP contribution in [0.25, 0.3) is 5.69 Å². The van der Waals surface area contributed by atoms with Crippen molar-refractivity contribution in [1.82, 2.24) is 9.78 Å². The van der Waals surface area contributed by atoms with Crippen LogP contribution in [0.15, 0.2) is 24.3 Å². The van der Waals surface area contributed by atoms with Crippen LogP contribution in [-0.4, -0.2) is 34.1 Å². The number of hydrogen-bond acceptors (Lipinski definition) is 4. The predicted molar refractivity (Wildman–Crippen MR) is 69.4 cm³/mol. The molecule has 0 saturated heterocycles. The Bertz CT molecular complexity index is 566. The third-order valence-electron chi connectivity index (χ3n) is 2.75. The van der Waals surface area contributed by atoms with Crippen molar-refractivity contribution >= 4 is 12.6 Å². The van der Waals surface area contributed by atoms with Crippen molar-refractivity contribution in [3.8, 4) is 11.4 Å². The SMILES string of the molecule is COc1ccc(B(O)O)c(-n2nc(C)cc2C)c1. The molecule has 1 aromatic carbocycles.